The van der Waals surface area contributed by atoms with Crippen LogP contribution in [0.1, 0.15) is 38.3 Å². The fraction of sp³-hybridized carbons (Fsp3) is 0.391. The first kappa shape index (κ1) is 23.2. The van der Waals surface area contributed by atoms with Crippen LogP contribution in [0.15, 0.2) is 48.5 Å². The normalized spacial score (nSPS) is 11.9. The van der Waals surface area contributed by atoms with E-state index in [1.54, 1.807) is 23.1 Å². The number of nitrogens with zero attached hydrogens (tertiary/aromatic N) is 1. The Kier molecular flexibility index (Phi) is 8.99. The molecular weight excluding hydrogens is 407 g/mol. The maximum absolute atomic E-state index is 13.2. The van der Waals surface area contributed by atoms with Crippen molar-refractivity contribution in [2.45, 2.75) is 46.2 Å². The zero-order valence-electron chi connectivity index (χ0n) is 17.1. The van der Waals surface area contributed by atoms with Gasteiger partial charge in [0.15, 0.2) is 0 Å². The number of rotatable bonds is 9. The number of benzene rings is 2. The predicted octanol–water partition coefficient (Wildman–Crippen LogP) is 5.12. The lowest BCUT2D eigenvalue weighted by Crippen LogP contribution is -2.50. The van der Waals surface area contributed by atoms with Gasteiger partial charge in [0.1, 0.15) is 6.04 Å². The van der Waals surface area contributed by atoms with Crippen molar-refractivity contribution in [1.82, 2.24) is 10.2 Å². The second-order valence-corrected chi connectivity index (χ2v) is 8.32. The monoisotopic (exact) mass is 434 g/mol. The van der Waals surface area contributed by atoms with E-state index in [1.165, 1.54) is 0 Å². The minimum Gasteiger partial charge on any atom is -0.354 e. The van der Waals surface area contributed by atoms with Crippen LogP contribution >= 0.6 is 23.2 Å². The maximum Gasteiger partial charge on any atom is 0.242 e. The Labute approximate surface area is 183 Å². The Balaban J connectivity index is 2.27. The van der Waals surface area contributed by atoms with E-state index in [9.17, 15) is 9.59 Å². The Hall–Kier alpha value is -2.04. The van der Waals surface area contributed by atoms with Gasteiger partial charge in [0, 0.05) is 23.1 Å². The van der Waals surface area contributed by atoms with Gasteiger partial charge in [0.2, 0.25) is 11.8 Å². The summed E-state index contributed by atoms with van der Waals surface area (Å²) in [5.41, 5.74) is 1.66. The highest BCUT2D eigenvalue weighted by molar-refractivity contribution is 6.31. The van der Waals surface area contributed by atoms with Gasteiger partial charge in [0.05, 0.1) is 6.42 Å². The lowest BCUT2D eigenvalue weighted by Gasteiger charge is -2.31. The molecular formula is C23H28Cl2N2O2. The van der Waals surface area contributed by atoms with E-state index in [4.69, 9.17) is 23.2 Å². The van der Waals surface area contributed by atoms with E-state index in [1.807, 2.05) is 51.1 Å². The van der Waals surface area contributed by atoms with Crippen molar-refractivity contribution in [3.05, 3.63) is 69.7 Å². The standard InChI is InChI=1S/C23H28Cl2N2O2/c1-4-21(23(29)26-14-16(2)3)27(15-17-9-11-19(24)12-10-17)22(28)13-18-7-5-6-8-20(18)25/h5-12,16,21H,4,13-15H2,1-3H3,(H,26,29). The van der Waals surface area contributed by atoms with Crippen molar-refractivity contribution in [1.29, 1.82) is 0 Å². The van der Waals surface area contributed by atoms with Gasteiger partial charge in [-0.1, -0.05) is 74.3 Å². The third kappa shape index (κ3) is 7.06. The lowest BCUT2D eigenvalue weighted by atomic mass is 10.1. The van der Waals surface area contributed by atoms with E-state index in [0.29, 0.717) is 35.5 Å². The predicted molar refractivity (Wildman–Crippen MR) is 119 cm³/mol. The lowest BCUT2D eigenvalue weighted by molar-refractivity contribution is -0.141. The first-order valence-corrected chi connectivity index (χ1v) is 10.6. The van der Waals surface area contributed by atoms with Gasteiger partial charge in [-0.25, -0.2) is 0 Å². The van der Waals surface area contributed by atoms with E-state index < -0.39 is 6.04 Å². The molecule has 2 rings (SSSR count). The molecule has 0 saturated heterocycles. The van der Waals surface area contributed by atoms with Crippen LogP contribution in [0.25, 0.3) is 0 Å². The van der Waals surface area contributed by atoms with Gasteiger partial charge in [-0.2, -0.15) is 0 Å². The first-order valence-electron chi connectivity index (χ1n) is 9.86. The summed E-state index contributed by atoms with van der Waals surface area (Å²) in [4.78, 5) is 27.7. The summed E-state index contributed by atoms with van der Waals surface area (Å²) in [6.45, 7) is 6.89. The molecule has 156 valence electrons. The minimum atomic E-state index is -0.556. The van der Waals surface area contributed by atoms with Gasteiger partial charge < -0.3 is 10.2 Å². The zero-order chi connectivity index (χ0) is 21.4. The Morgan fingerprint density at radius 2 is 1.69 bits per heavy atom. The summed E-state index contributed by atoms with van der Waals surface area (Å²) >= 11 is 12.2. The summed E-state index contributed by atoms with van der Waals surface area (Å²) in [5.74, 6) is 0.0577. The van der Waals surface area contributed by atoms with Crippen molar-refractivity contribution < 1.29 is 9.59 Å². The molecule has 0 aliphatic carbocycles. The van der Waals surface area contributed by atoms with Crippen molar-refractivity contribution >= 4 is 35.0 Å². The quantitative estimate of drug-likeness (QED) is 0.595. The highest BCUT2D eigenvalue weighted by atomic mass is 35.5. The van der Waals surface area contributed by atoms with Crippen molar-refractivity contribution in [2.75, 3.05) is 6.54 Å². The molecule has 0 spiro atoms. The number of carbonyl (C=O) groups excluding carboxylic acids is 2. The third-order valence-electron chi connectivity index (χ3n) is 4.64. The van der Waals surface area contributed by atoms with E-state index in [0.717, 1.165) is 11.1 Å². The van der Waals surface area contributed by atoms with Crippen LogP contribution < -0.4 is 5.32 Å². The molecule has 4 nitrogen and oxygen atoms in total. The molecule has 2 amide bonds. The van der Waals surface area contributed by atoms with Gasteiger partial charge in [-0.15, -0.1) is 0 Å². The van der Waals surface area contributed by atoms with Crippen molar-refractivity contribution in [2.24, 2.45) is 5.92 Å². The average molecular weight is 435 g/mol. The molecule has 6 heteroatoms. The molecule has 0 bridgehead atoms. The van der Waals surface area contributed by atoms with Crippen LogP contribution in [0.5, 0.6) is 0 Å². The molecule has 1 unspecified atom stereocenters. The maximum atomic E-state index is 13.2. The Morgan fingerprint density at radius 3 is 2.28 bits per heavy atom. The molecule has 2 aromatic rings. The van der Waals surface area contributed by atoms with Gasteiger partial charge in [-0.05, 0) is 41.7 Å². The zero-order valence-corrected chi connectivity index (χ0v) is 18.6. The number of nitrogens with one attached hydrogen (secondary N) is 1. The molecule has 1 atom stereocenters. The number of carbonyl (C=O) groups is 2. The highest BCUT2D eigenvalue weighted by Gasteiger charge is 2.29. The molecule has 0 aliphatic heterocycles. The summed E-state index contributed by atoms with van der Waals surface area (Å²) in [6, 6.07) is 14.0. The molecule has 0 radical (unpaired) electrons. The van der Waals surface area contributed by atoms with Crippen LogP contribution in [0.4, 0.5) is 0 Å². The molecule has 0 saturated carbocycles. The summed E-state index contributed by atoms with van der Waals surface area (Å²) in [7, 11) is 0. The smallest absolute Gasteiger partial charge is 0.242 e. The molecule has 0 aromatic heterocycles. The Bertz CT molecular complexity index is 822. The summed E-state index contributed by atoms with van der Waals surface area (Å²) in [5, 5.41) is 4.13. The number of hydrogen-bond acceptors (Lipinski definition) is 2. The van der Waals surface area contributed by atoms with Crippen LogP contribution in [0, 0.1) is 5.92 Å². The molecule has 0 fully saturated rings. The fourth-order valence-corrected chi connectivity index (χ4v) is 3.36. The molecule has 29 heavy (non-hydrogen) atoms. The van der Waals surface area contributed by atoms with Gasteiger partial charge >= 0.3 is 0 Å². The summed E-state index contributed by atoms with van der Waals surface area (Å²) < 4.78 is 0. The van der Waals surface area contributed by atoms with Crippen LogP contribution in [0.3, 0.4) is 0 Å². The second kappa shape index (κ2) is 11.2. The largest absolute Gasteiger partial charge is 0.354 e. The van der Waals surface area contributed by atoms with Gasteiger partial charge in [0.25, 0.3) is 0 Å². The van der Waals surface area contributed by atoms with Gasteiger partial charge in [-0.3, -0.25) is 9.59 Å². The van der Waals surface area contributed by atoms with Crippen molar-refractivity contribution in [3.8, 4) is 0 Å². The van der Waals surface area contributed by atoms with E-state index in [-0.39, 0.29) is 18.2 Å². The minimum absolute atomic E-state index is 0.136. The molecule has 0 heterocycles. The third-order valence-corrected chi connectivity index (χ3v) is 5.26. The van der Waals surface area contributed by atoms with Crippen molar-refractivity contribution in [3.63, 3.8) is 0 Å². The molecule has 2 aromatic carbocycles. The van der Waals surface area contributed by atoms with Crippen LogP contribution in [0.2, 0.25) is 10.0 Å². The average Bonchev–Trinajstić information content (AvgIpc) is 2.69. The second-order valence-electron chi connectivity index (χ2n) is 7.48. The fourth-order valence-electron chi connectivity index (χ4n) is 3.03. The first-order chi connectivity index (χ1) is 13.8. The molecule has 0 aliphatic rings. The Morgan fingerprint density at radius 1 is 1.03 bits per heavy atom. The number of amides is 2. The van der Waals surface area contributed by atoms with E-state index >= 15 is 0 Å². The number of halogens is 2. The highest BCUT2D eigenvalue weighted by Crippen LogP contribution is 2.20. The summed E-state index contributed by atoms with van der Waals surface area (Å²) in [6.07, 6.45) is 0.660. The van der Waals surface area contributed by atoms with Crippen LogP contribution in [-0.2, 0) is 22.6 Å². The van der Waals surface area contributed by atoms with E-state index in [2.05, 4.69) is 5.32 Å². The number of hydrogen-bond donors (Lipinski definition) is 1. The SMILES string of the molecule is CCC(C(=O)NCC(C)C)N(Cc1ccc(Cl)cc1)C(=O)Cc1ccccc1Cl. The molecule has 1 N–H and O–H groups in total. The topological polar surface area (TPSA) is 49.4 Å². The van der Waals surface area contributed by atoms with Crippen LogP contribution in [-0.4, -0.2) is 29.3 Å².